The van der Waals surface area contributed by atoms with E-state index in [9.17, 15) is 4.79 Å². The van der Waals surface area contributed by atoms with E-state index in [4.69, 9.17) is 10.4 Å². The number of hydrogen-bond donors (Lipinski definition) is 2. The summed E-state index contributed by atoms with van der Waals surface area (Å²) in [6.07, 6.45) is 0.976. The van der Waals surface area contributed by atoms with E-state index < -0.39 is 0 Å². The van der Waals surface area contributed by atoms with E-state index in [0.717, 1.165) is 17.0 Å². The van der Waals surface area contributed by atoms with Crippen molar-refractivity contribution in [2.24, 2.45) is 5.84 Å². The molecule has 0 aliphatic heterocycles. The van der Waals surface area contributed by atoms with Gasteiger partial charge in [0, 0.05) is 12.0 Å². The molecule has 0 fully saturated rings. The summed E-state index contributed by atoms with van der Waals surface area (Å²) in [4.78, 5) is 10.8. The van der Waals surface area contributed by atoms with E-state index >= 15 is 0 Å². The van der Waals surface area contributed by atoms with E-state index in [1.54, 1.807) is 0 Å². The van der Waals surface area contributed by atoms with Crippen molar-refractivity contribution in [2.75, 3.05) is 0 Å². The van der Waals surface area contributed by atoms with Crippen molar-refractivity contribution in [1.29, 1.82) is 0 Å². The first-order valence-corrected chi connectivity index (χ1v) is 4.06. The summed E-state index contributed by atoms with van der Waals surface area (Å²) in [7, 11) is 0. The summed E-state index contributed by atoms with van der Waals surface area (Å²) in [5, 5.41) is 3.78. The predicted molar refractivity (Wildman–Crippen MR) is 46.6 cm³/mol. The van der Waals surface area contributed by atoms with Gasteiger partial charge in [-0.15, -0.1) is 0 Å². The van der Waals surface area contributed by atoms with Crippen molar-refractivity contribution < 1.29 is 9.32 Å². The van der Waals surface area contributed by atoms with Gasteiger partial charge in [-0.05, 0) is 20.3 Å². The Morgan fingerprint density at radius 1 is 1.62 bits per heavy atom. The van der Waals surface area contributed by atoms with Crippen LogP contribution < -0.4 is 11.3 Å². The first-order valence-electron chi connectivity index (χ1n) is 4.06. The molecule has 0 bridgehead atoms. The maximum atomic E-state index is 10.8. The van der Waals surface area contributed by atoms with Crippen LogP contribution in [0.25, 0.3) is 0 Å². The lowest BCUT2D eigenvalue weighted by Crippen LogP contribution is -2.30. The van der Waals surface area contributed by atoms with E-state index in [0.29, 0.717) is 12.8 Å². The number of nitrogens with one attached hydrogen (secondary N) is 1. The highest BCUT2D eigenvalue weighted by molar-refractivity contribution is 5.75. The summed E-state index contributed by atoms with van der Waals surface area (Å²) in [5.74, 6) is 5.53. The molecule has 5 heteroatoms. The fourth-order valence-corrected chi connectivity index (χ4v) is 1.17. The highest BCUT2D eigenvalue weighted by atomic mass is 16.5. The zero-order valence-electron chi connectivity index (χ0n) is 7.76. The fraction of sp³-hybridized carbons (Fsp3) is 0.500. The molecule has 0 saturated carbocycles. The Labute approximate surface area is 76.2 Å². The van der Waals surface area contributed by atoms with E-state index in [-0.39, 0.29) is 5.91 Å². The molecule has 0 atom stereocenters. The lowest BCUT2D eigenvalue weighted by Gasteiger charge is -1.98. The topological polar surface area (TPSA) is 81.2 Å². The van der Waals surface area contributed by atoms with Crippen LogP contribution in [0.15, 0.2) is 4.52 Å². The third-order valence-corrected chi connectivity index (χ3v) is 1.94. The van der Waals surface area contributed by atoms with Gasteiger partial charge in [-0.25, -0.2) is 5.84 Å². The van der Waals surface area contributed by atoms with Gasteiger partial charge < -0.3 is 4.52 Å². The minimum absolute atomic E-state index is 0.181. The number of carbonyl (C=O) groups excluding carboxylic acids is 1. The Hall–Kier alpha value is -1.36. The largest absolute Gasteiger partial charge is 0.361 e. The first kappa shape index (κ1) is 9.73. The predicted octanol–water partition coefficient (Wildman–Crippen LogP) is 0.214. The molecule has 3 N–H and O–H groups in total. The molecule has 1 aromatic rings. The minimum Gasteiger partial charge on any atom is -0.361 e. The molecule has 1 aromatic heterocycles. The quantitative estimate of drug-likeness (QED) is 0.399. The smallest absolute Gasteiger partial charge is 0.234 e. The summed E-state index contributed by atoms with van der Waals surface area (Å²) >= 11 is 0. The SMILES string of the molecule is Cc1noc(C)c1CCC(=O)NN. The maximum Gasteiger partial charge on any atom is 0.234 e. The molecule has 0 aliphatic carbocycles. The van der Waals surface area contributed by atoms with E-state index in [2.05, 4.69) is 10.6 Å². The monoisotopic (exact) mass is 183 g/mol. The number of rotatable bonds is 3. The van der Waals surface area contributed by atoms with Crippen molar-refractivity contribution in [2.45, 2.75) is 26.7 Å². The van der Waals surface area contributed by atoms with Crippen LogP contribution in [0.2, 0.25) is 0 Å². The normalized spacial score (nSPS) is 10.1. The molecular formula is C8H13N3O2. The Balaban J connectivity index is 2.58. The van der Waals surface area contributed by atoms with Gasteiger partial charge >= 0.3 is 0 Å². The molecule has 0 radical (unpaired) electrons. The Morgan fingerprint density at radius 2 is 2.31 bits per heavy atom. The number of amides is 1. The molecular weight excluding hydrogens is 170 g/mol. The Morgan fingerprint density at radius 3 is 2.77 bits per heavy atom. The lowest BCUT2D eigenvalue weighted by atomic mass is 10.1. The number of carbonyl (C=O) groups is 1. The molecule has 0 aromatic carbocycles. The Kier molecular flexibility index (Phi) is 3.02. The molecule has 0 spiro atoms. The molecule has 72 valence electrons. The van der Waals surface area contributed by atoms with E-state index in [1.807, 2.05) is 13.8 Å². The summed E-state index contributed by atoms with van der Waals surface area (Å²) in [6.45, 7) is 3.68. The molecule has 13 heavy (non-hydrogen) atoms. The van der Waals surface area contributed by atoms with Crippen LogP contribution in [0.1, 0.15) is 23.4 Å². The zero-order valence-corrected chi connectivity index (χ0v) is 7.76. The van der Waals surface area contributed by atoms with Crippen molar-refractivity contribution in [3.8, 4) is 0 Å². The average Bonchev–Trinajstić information content (AvgIpc) is 2.43. The minimum atomic E-state index is -0.181. The molecule has 0 saturated heterocycles. The van der Waals surface area contributed by atoms with Crippen LogP contribution in [0.5, 0.6) is 0 Å². The number of aryl methyl sites for hydroxylation is 2. The molecule has 1 amide bonds. The molecule has 5 nitrogen and oxygen atoms in total. The molecule has 0 unspecified atom stereocenters. The number of hydrogen-bond acceptors (Lipinski definition) is 4. The number of aromatic nitrogens is 1. The van der Waals surface area contributed by atoms with Crippen LogP contribution in [-0.4, -0.2) is 11.1 Å². The maximum absolute atomic E-state index is 10.8. The number of nitrogens with two attached hydrogens (primary N) is 1. The second-order valence-electron chi connectivity index (χ2n) is 2.87. The van der Waals surface area contributed by atoms with Crippen molar-refractivity contribution >= 4 is 5.91 Å². The van der Waals surface area contributed by atoms with Crippen LogP contribution in [0.4, 0.5) is 0 Å². The van der Waals surface area contributed by atoms with Gasteiger partial charge in [-0.3, -0.25) is 10.2 Å². The zero-order chi connectivity index (χ0) is 9.84. The van der Waals surface area contributed by atoms with Gasteiger partial charge in [0.15, 0.2) is 0 Å². The molecule has 1 heterocycles. The highest BCUT2D eigenvalue weighted by Gasteiger charge is 2.09. The second kappa shape index (κ2) is 4.04. The fourth-order valence-electron chi connectivity index (χ4n) is 1.17. The van der Waals surface area contributed by atoms with Crippen LogP contribution in [-0.2, 0) is 11.2 Å². The summed E-state index contributed by atoms with van der Waals surface area (Å²) < 4.78 is 4.95. The van der Waals surface area contributed by atoms with Gasteiger partial charge in [0.25, 0.3) is 0 Å². The first-order chi connectivity index (χ1) is 6.15. The van der Waals surface area contributed by atoms with Gasteiger partial charge in [0.1, 0.15) is 5.76 Å². The van der Waals surface area contributed by atoms with Crippen molar-refractivity contribution in [3.05, 3.63) is 17.0 Å². The van der Waals surface area contributed by atoms with Gasteiger partial charge in [0.2, 0.25) is 5.91 Å². The lowest BCUT2D eigenvalue weighted by molar-refractivity contribution is -0.121. The molecule has 0 aliphatic rings. The second-order valence-corrected chi connectivity index (χ2v) is 2.87. The van der Waals surface area contributed by atoms with Crippen molar-refractivity contribution in [3.63, 3.8) is 0 Å². The van der Waals surface area contributed by atoms with E-state index in [1.165, 1.54) is 0 Å². The van der Waals surface area contributed by atoms with Gasteiger partial charge in [-0.1, -0.05) is 5.16 Å². The van der Waals surface area contributed by atoms with Crippen LogP contribution in [0.3, 0.4) is 0 Å². The third kappa shape index (κ3) is 2.29. The van der Waals surface area contributed by atoms with Crippen LogP contribution >= 0.6 is 0 Å². The Bertz CT molecular complexity index is 287. The average molecular weight is 183 g/mol. The number of nitrogens with zero attached hydrogens (tertiary/aromatic N) is 1. The van der Waals surface area contributed by atoms with Gasteiger partial charge in [-0.2, -0.15) is 0 Å². The third-order valence-electron chi connectivity index (χ3n) is 1.94. The van der Waals surface area contributed by atoms with Crippen LogP contribution in [0, 0.1) is 13.8 Å². The highest BCUT2D eigenvalue weighted by Crippen LogP contribution is 2.13. The number of hydrazine groups is 1. The standard InChI is InChI=1S/C8H13N3O2/c1-5-7(6(2)13-11-5)3-4-8(12)10-9/h3-4,9H2,1-2H3,(H,10,12). The summed E-state index contributed by atoms with van der Waals surface area (Å²) in [5.41, 5.74) is 3.90. The molecule has 1 rings (SSSR count). The summed E-state index contributed by atoms with van der Waals surface area (Å²) in [6, 6.07) is 0. The van der Waals surface area contributed by atoms with Crippen molar-refractivity contribution in [1.82, 2.24) is 10.6 Å². The van der Waals surface area contributed by atoms with Gasteiger partial charge in [0.05, 0.1) is 5.69 Å².